The molecule has 284 valence electrons. The molecule has 0 bridgehead atoms. The molecule has 3 heteroatoms. The van der Waals surface area contributed by atoms with Gasteiger partial charge in [0.15, 0.2) is 0 Å². The first-order valence-electron chi connectivity index (χ1n) is 20.8. The van der Waals surface area contributed by atoms with Crippen LogP contribution in [0.2, 0.25) is 0 Å². The van der Waals surface area contributed by atoms with Gasteiger partial charge in [-0.05, 0) is 125 Å². The van der Waals surface area contributed by atoms with Crippen LogP contribution >= 0.6 is 0 Å². The molecule has 0 fully saturated rings. The summed E-state index contributed by atoms with van der Waals surface area (Å²) in [5.41, 5.74) is 17.8. The zero-order valence-electron chi connectivity index (χ0n) is 33.4. The van der Waals surface area contributed by atoms with Crippen molar-refractivity contribution in [3.05, 3.63) is 217 Å². The molecule has 3 nitrogen and oxygen atoms in total. The lowest BCUT2D eigenvalue weighted by atomic mass is 9.85. The van der Waals surface area contributed by atoms with Crippen molar-refractivity contribution in [2.45, 2.75) is 19.8 Å². The van der Waals surface area contributed by atoms with Gasteiger partial charge in [-0.2, -0.15) is 0 Å². The van der Waals surface area contributed by atoms with Crippen molar-refractivity contribution in [2.75, 3.05) is 0 Å². The highest BCUT2D eigenvalue weighted by Gasteiger charge is 2.20. The van der Waals surface area contributed by atoms with Crippen molar-refractivity contribution in [3.8, 4) is 33.6 Å². The first kappa shape index (κ1) is 34.4. The monoisotopic (exact) mass is 768 g/mol. The molecule has 0 aliphatic rings. The molecule has 0 radical (unpaired) electrons. The van der Waals surface area contributed by atoms with Crippen LogP contribution < -0.4 is 0 Å². The smallest absolute Gasteiger partial charge is 0.135 e. The third-order valence-corrected chi connectivity index (χ3v) is 12.8. The van der Waals surface area contributed by atoms with E-state index in [9.17, 15) is 0 Å². The number of aryl methyl sites for hydroxylation is 1. The van der Waals surface area contributed by atoms with Crippen LogP contribution in [0.4, 0.5) is 0 Å². The molecule has 0 aliphatic carbocycles. The maximum atomic E-state index is 6.17. The summed E-state index contributed by atoms with van der Waals surface area (Å²) in [4.78, 5) is 0. The van der Waals surface area contributed by atoms with Crippen LogP contribution in [0.3, 0.4) is 0 Å². The normalized spacial score (nSPS) is 12.4. The number of aromatic nitrogens is 2. The minimum atomic E-state index is 0.180. The van der Waals surface area contributed by atoms with Crippen molar-refractivity contribution in [2.24, 2.45) is 0 Å². The third-order valence-electron chi connectivity index (χ3n) is 12.8. The molecule has 0 N–H and O–H groups in total. The van der Waals surface area contributed by atoms with Crippen LogP contribution in [-0.2, 0) is 0 Å². The number of nitrogens with zero attached hydrogens (tertiary/aromatic N) is 2. The van der Waals surface area contributed by atoms with Gasteiger partial charge in [-0.3, -0.25) is 0 Å². The van der Waals surface area contributed by atoms with Gasteiger partial charge in [0.2, 0.25) is 0 Å². The van der Waals surface area contributed by atoms with Gasteiger partial charge in [-0.25, -0.2) is 0 Å². The predicted molar refractivity (Wildman–Crippen MR) is 252 cm³/mol. The Morgan fingerprint density at radius 1 is 0.383 bits per heavy atom. The molecular weight excluding hydrogens is 729 g/mol. The quantitative estimate of drug-likeness (QED) is 0.165. The number of hydrogen-bond donors (Lipinski definition) is 0. The average molecular weight is 769 g/mol. The fourth-order valence-electron chi connectivity index (χ4n) is 9.79. The van der Waals surface area contributed by atoms with Crippen LogP contribution in [-0.4, -0.2) is 9.13 Å². The Bertz CT molecular complexity index is 3640. The highest BCUT2D eigenvalue weighted by Crippen LogP contribution is 2.41. The van der Waals surface area contributed by atoms with E-state index in [0.29, 0.717) is 0 Å². The van der Waals surface area contributed by atoms with Crippen molar-refractivity contribution in [1.82, 2.24) is 9.13 Å². The van der Waals surface area contributed by atoms with Crippen molar-refractivity contribution in [3.63, 3.8) is 0 Å². The van der Waals surface area contributed by atoms with Crippen molar-refractivity contribution in [1.29, 1.82) is 0 Å². The highest BCUT2D eigenvalue weighted by molar-refractivity contribution is 6.13. The Kier molecular flexibility index (Phi) is 7.73. The molecule has 12 rings (SSSR count). The standard InChI is InChI=1S/C57H40N2O/c1-36-24-25-39(33-48(36)44-17-7-6-16-43(44)37(2)38-27-31-57-51(32-38)47-20-10-13-23-56(47)60-57)40-26-29-54-49(34-40)45-18-8-12-22-53(45)59(54)42-28-30-55-50(35-42)46-19-9-11-21-52(46)58(55)41-14-4-3-5-15-41/h3-35,37H,1-2H3. The summed E-state index contributed by atoms with van der Waals surface area (Å²) >= 11 is 0. The lowest BCUT2D eigenvalue weighted by molar-refractivity contribution is 0.668. The van der Waals surface area contributed by atoms with Gasteiger partial charge >= 0.3 is 0 Å². The van der Waals surface area contributed by atoms with Gasteiger partial charge in [-0.15, -0.1) is 0 Å². The fraction of sp³-hybridized carbons (Fsp3) is 0.0526. The van der Waals surface area contributed by atoms with E-state index in [4.69, 9.17) is 4.42 Å². The van der Waals surface area contributed by atoms with Crippen molar-refractivity contribution < 1.29 is 4.42 Å². The number of para-hydroxylation sites is 4. The summed E-state index contributed by atoms with van der Waals surface area (Å²) in [6, 6.07) is 73.0. The second kappa shape index (κ2) is 13.5. The third kappa shape index (κ3) is 5.29. The average Bonchev–Trinajstić information content (AvgIpc) is 3.96. The topological polar surface area (TPSA) is 23.0 Å². The molecule has 9 aromatic carbocycles. The summed E-state index contributed by atoms with van der Waals surface area (Å²) in [7, 11) is 0. The molecule has 1 unspecified atom stereocenters. The fourth-order valence-corrected chi connectivity index (χ4v) is 9.79. The maximum absolute atomic E-state index is 6.17. The lowest BCUT2D eigenvalue weighted by Crippen LogP contribution is -2.00. The van der Waals surface area contributed by atoms with Gasteiger partial charge < -0.3 is 13.6 Å². The van der Waals surface area contributed by atoms with E-state index in [1.165, 1.54) is 93.6 Å². The predicted octanol–water partition coefficient (Wildman–Crippen LogP) is 15.6. The minimum Gasteiger partial charge on any atom is -0.456 e. The zero-order valence-corrected chi connectivity index (χ0v) is 33.4. The summed E-state index contributed by atoms with van der Waals surface area (Å²) in [6.07, 6.45) is 0. The molecule has 0 aliphatic heterocycles. The van der Waals surface area contributed by atoms with Crippen LogP contribution in [0.1, 0.15) is 29.5 Å². The van der Waals surface area contributed by atoms with E-state index >= 15 is 0 Å². The van der Waals surface area contributed by atoms with E-state index in [2.05, 4.69) is 211 Å². The summed E-state index contributed by atoms with van der Waals surface area (Å²) < 4.78 is 11.0. The molecule has 60 heavy (non-hydrogen) atoms. The summed E-state index contributed by atoms with van der Waals surface area (Å²) in [6.45, 7) is 4.55. The Hall–Kier alpha value is -7.62. The largest absolute Gasteiger partial charge is 0.456 e. The molecular formula is C57H40N2O. The number of furan rings is 1. The zero-order chi connectivity index (χ0) is 39.9. The van der Waals surface area contributed by atoms with E-state index < -0.39 is 0 Å². The number of hydrogen-bond acceptors (Lipinski definition) is 1. The Labute approximate surface area is 348 Å². The van der Waals surface area contributed by atoms with Gasteiger partial charge in [0.25, 0.3) is 0 Å². The molecule has 3 aromatic heterocycles. The molecule has 0 spiro atoms. The maximum Gasteiger partial charge on any atom is 0.135 e. The first-order chi connectivity index (χ1) is 29.6. The van der Waals surface area contributed by atoms with E-state index in [1.807, 2.05) is 12.1 Å². The highest BCUT2D eigenvalue weighted by atomic mass is 16.3. The Morgan fingerprint density at radius 3 is 1.77 bits per heavy atom. The molecule has 0 amide bonds. The van der Waals surface area contributed by atoms with Gasteiger partial charge in [0.1, 0.15) is 11.2 Å². The van der Waals surface area contributed by atoms with Gasteiger partial charge in [0.05, 0.1) is 22.1 Å². The second-order valence-corrected chi connectivity index (χ2v) is 16.2. The molecule has 0 saturated carbocycles. The number of benzene rings is 9. The summed E-state index contributed by atoms with van der Waals surface area (Å²) in [5.74, 6) is 0.180. The second-order valence-electron chi connectivity index (χ2n) is 16.2. The van der Waals surface area contributed by atoms with Gasteiger partial charge in [-0.1, -0.05) is 128 Å². The van der Waals surface area contributed by atoms with Gasteiger partial charge in [0, 0.05) is 49.6 Å². The Balaban J connectivity index is 0.963. The SMILES string of the molecule is Cc1ccc(-c2ccc3c(c2)c2ccccc2n3-c2ccc3c(c2)c2ccccc2n3-c2ccccc2)cc1-c1ccccc1C(C)c1ccc2oc3ccccc3c2c1. The molecule has 0 saturated heterocycles. The van der Waals surface area contributed by atoms with Crippen molar-refractivity contribution >= 4 is 65.6 Å². The number of rotatable bonds is 6. The molecule has 12 aromatic rings. The Morgan fingerprint density at radius 2 is 0.967 bits per heavy atom. The minimum absolute atomic E-state index is 0.180. The van der Waals surface area contributed by atoms with E-state index in [-0.39, 0.29) is 5.92 Å². The molecule has 1 atom stereocenters. The van der Waals surface area contributed by atoms with Crippen LogP contribution in [0.5, 0.6) is 0 Å². The van der Waals surface area contributed by atoms with Crippen LogP contribution in [0.25, 0.3) is 99.2 Å². The van der Waals surface area contributed by atoms with E-state index in [1.54, 1.807) is 0 Å². The molecule has 3 heterocycles. The van der Waals surface area contributed by atoms with Crippen LogP contribution in [0.15, 0.2) is 205 Å². The summed E-state index contributed by atoms with van der Waals surface area (Å²) in [5, 5.41) is 7.31. The lowest BCUT2D eigenvalue weighted by Gasteiger charge is -2.19. The first-order valence-corrected chi connectivity index (χ1v) is 20.8. The van der Waals surface area contributed by atoms with E-state index in [0.717, 1.165) is 22.2 Å². The van der Waals surface area contributed by atoms with Crippen LogP contribution in [0, 0.1) is 6.92 Å². The number of fused-ring (bicyclic) bond motifs is 9.